The topological polar surface area (TPSA) is 54.2 Å². The third-order valence-corrected chi connectivity index (χ3v) is 3.51. The first-order chi connectivity index (χ1) is 11.3. The molecule has 3 rings (SSSR count). The highest BCUT2D eigenvalue weighted by Gasteiger charge is 2.11. The minimum Gasteiger partial charge on any atom is -0.467 e. The van der Waals surface area contributed by atoms with Crippen LogP contribution in [0.4, 0.5) is 17.3 Å². The number of benzene rings is 1. The Morgan fingerprint density at radius 2 is 1.91 bits per heavy atom. The second-order valence-electron chi connectivity index (χ2n) is 5.17. The van der Waals surface area contributed by atoms with Crippen LogP contribution in [0.15, 0.2) is 59.2 Å². The van der Waals surface area contributed by atoms with Crippen molar-refractivity contribution in [3.8, 4) is 0 Å². The molecule has 118 valence electrons. The number of anilines is 3. The average molecular weight is 308 g/mol. The predicted octanol–water partition coefficient (Wildman–Crippen LogP) is 4.15. The summed E-state index contributed by atoms with van der Waals surface area (Å²) in [5.41, 5.74) is 1.12. The summed E-state index contributed by atoms with van der Waals surface area (Å²) in [6.45, 7) is 5.44. The minimum atomic E-state index is 0.598. The average Bonchev–Trinajstić information content (AvgIpc) is 3.08. The molecule has 23 heavy (non-hydrogen) atoms. The highest BCUT2D eigenvalue weighted by atomic mass is 16.3. The van der Waals surface area contributed by atoms with Crippen molar-refractivity contribution >= 4 is 17.3 Å². The molecule has 0 aliphatic carbocycles. The lowest BCUT2D eigenvalue weighted by atomic mass is 10.3. The maximum Gasteiger partial charge on any atom is 0.138 e. The van der Waals surface area contributed by atoms with Crippen molar-refractivity contribution in [3.05, 3.63) is 66.4 Å². The molecule has 0 aliphatic rings. The van der Waals surface area contributed by atoms with Gasteiger partial charge in [-0.3, -0.25) is 0 Å². The molecule has 1 aromatic carbocycles. The zero-order valence-electron chi connectivity index (χ0n) is 13.4. The van der Waals surface area contributed by atoms with E-state index in [0.717, 1.165) is 35.5 Å². The van der Waals surface area contributed by atoms with Gasteiger partial charge in [-0.1, -0.05) is 18.2 Å². The molecule has 0 saturated carbocycles. The first-order valence-corrected chi connectivity index (χ1v) is 7.71. The molecule has 2 aromatic heterocycles. The van der Waals surface area contributed by atoms with Gasteiger partial charge in [-0.25, -0.2) is 9.97 Å². The first-order valence-electron chi connectivity index (χ1n) is 7.71. The van der Waals surface area contributed by atoms with Gasteiger partial charge >= 0.3 is 0 Å². The van der Waals surface area contributed by atoms with E-state index >= 15 is 0 Å². The van der Waals surface area contributed by atoms with E-state index in [1.54, 1.807) is 6.26 Å². The minimum absolute atomic E-state index is 0.598. The highest BCUT2D eigenvalue weighted by molar-refractivity contribution is 5.62. The molecule has 0 atom stereocenters. The van der Waals surface area contributed by atoms with Crippen molar-refractivity contribution in [2.24, 2.45) is 0 Å². The van der Waals surface area contributed by atoms with E-state index in [2.05, 4.69) is 39.2 Å². The molecule has 1 N–H and O–H groups in total. The number of rotatable bonds is 6. The summed E-state index contributed by atoms with van der Waals surface area (Å²) in [4.78, 5) is 11.2. The molecule has 5 nitrogen and oxygen atoms in total. The van der Waals surface area contributed by atoms with E-state index in [-0.39, 0.29) is 0 Å². The van der Waals surface area contributed by atoms with Gasteiger partial charge in [0, 0.05) is 18.3 Å². The van der Waals surface area contributed by atoms with E-state index in [9.17, 15) is 0 Å². The van der Waals surface area contributed by atoms with Crippen molar-refractivity contribution in [1.29, 1.82) is 0 Å². The monoisotopic (exact) mass is 308 g/mol. The van der Waals surface area contributed by atoms with Gasteiger partial charge in [0.2, 0.25) is 0 Å². The van der Waals surface area contributed by atoms with Crippen molar-refractivity contribution in [2.75, 3.05) is 16.8 Å². The Bertz CT molecular complexity index is 741. The largest absolute Gasteiger partial charge is 0.467 e. The maximum atomic E-state index is 5.34. The number of hydrogen-bond acceptors (Lipinski definition) is 5. The fourth-order valence-electron chi connectivity index (χ4n) is 2.46. The molecular weight excluding hydrogens is 288 g/mol. The quantitative estimate of drug-likeness (QED) is 0.741. The van der Waals surface area contributed by atoms with Gasteiger partial charge in [0.05, 0.1) is 12.8 Å². The van der Waals surface area contributed by atoms with Crippen molar-refractivity contribution in [3.63, 3.8) is 0 Å². The third kappa shape index (κ3) is 3.69. The molecular formula is C18H20N4O. The Morgan fingerprint density at radius 3 is 2.61 bits per heavy atom. The van der Waals surface area contributed by atoms with E-state index < -0.39 is 0 Å². The SMILES string of the molecule is CCN(c1ccccc1)c1cc(NCc2ccco2)nc(C)n1. The number of aryl methyl sites for hydroxylation is 1. The number of hydrogen-bond donors (Lipinski definition) is 1. The first kappa shape index (κ1) is 15.1. The van der Waals surface area contributed by atoms with Crippen LogP contribution in [-0.4, -0.2) is 16.5 Å². The number of nitrogens with one attached hydrogen (secondary N) is 1. The molecule has 0 spiro atoms. The molecule has 0 radical (unpaired) electrons. The second kappa shape index (κ2) is 6.96. The number of aromatic nitrogens is 2. The third-order valence-electron chi connectivity index (χ3n) is 3.51. The molecule has 0 bridgehead atoms. The molecule has 0 aliphatic heterocycles. The highest BCUT2D eigenvalue weighted by Crippen LogP contribution is 2.25. The van der Waals surface area contributed by atoms with E-state index in [1.807, 2.05) is 43.3 Å². The molecule has 0 unspecified atom stereocenters. The number of furan rings is 1. The van der Waals surface area contributed by atoms with Crippen LogP contribution in [0.3, 0.4) is 0 Å². The summed E-state index contributed by atoms with van der Waals surface area (Å²) in [6, 6.07) is 16.0. The van der Waals surface area contributed by atoms with Crippen LogP contribution in [0.1, 0.15) is 18.5 Å². The van der Waals surface area contributed by atoms with Gasteiger partial charge in [0.15, 0.2) is 0 Å². The Hall–Kier alpha value is -2.82. The van der Waals surface area contributed by atoms with Crippen LogP contribution in [0.25, 0.3) is 0 Å². The van der Waals surface area contributed by atoms with E-state index in [1.165, 1.54) is 0 Å². The molecule has 5 heteroatoms. The summed E-state index contributed by atoms with van der Waals surface area (Å²) in [7, 11) is 0. The zero-order chi connectivity index (χ0) is 16.1. The number of para-hydroxylation sites is 1. The smallest absolute Gasteiger partial charge is 0.138 e. The van der Waals surface area contributed by atoms with Gasteiger partial charge in [-0.2, -0.15) is 0 Å². The Morgan fingerprint density at radius 1 is 1.09 bits per heavy atom. The lowest BCUT2D eigenvalue weighted by molar-refractivity contribution is 0.517. The second-order valence-corrected chi connectivity index (χ2v) is 5.17. The molecule has 2 heterocycles. The van der Waals surface area contributed by atoms with Crippen molar-refractivity contribution in [1.82, 2.24) is 9.97 Å². The van der Waals surface area contributed by atoms with Crippen LogP contribution >= 0.6 is 0 Å². The fraction of sp³-hybridized carbons (Fsp3) is 0.222. The summed E-state index contributed by atoms with van der Waals surface area (Å²) in [6.07, 6.45) is 1.67. The Balaban J connectivity index is 1.84. The van der Waals surface area contributed by atoms with Crippen LogP contribution in [-0.2, 0) is 6.54 Å². The number of nitrogens with zero attached hydrogens (tertiary/aromatic N) is 3. The van der Waals surface area contributed by atoms with Gasteiger partial charge in [-0.15, -0.1) is 0 Å². The maximum absolute atomic E-state index is 5.34. The molecule has 0 amide bonds. The standard InChI is InChI=1S/C18H20N4O/c1-3-22(15-8-5-4-6-9-15)18-12-17(20-14(2)21-18)19-13-16-10-7-11-23-16/h4-12H,3,13H2,1-2H3,(H,19,20,21). The Kier molecular flexibility index (Phi) is 4.57. The zero-order valence-corrected chi connectivity index (χ0v) is 13.4. The van der Waals surface area contributed by atoms with Crippen LogP contribution in [0.2, 0.25) is 0 Å². The fourth-order valence-corrected chi connectivity index (χ4v) is 2.46. The van der Waals surface area contributed by atoms with E-state index in [4.69, 9.17) is 4.42 Å². The Labute approximate surface area is 136 Å². The molecule has 3 aromatic rings. The molecule has 0 saturated heterocycles. The van der Waals surface area contributed by atoms with Crippen molar-refractivity contribution < 1.29 is 4.42 Å². The summed E-state index contributed by atoms with van der Waals surface area (Å²) >= 11 is 0. The van der Waals surface area contributed by atoms with Crippen LogP contribution < -0.4 is 10.2 Å². The van der Waals surface area contributed by atoms with Gasteiger partial charge in [-0.05, 0) is 38.1 Å². The van der Waals surface area contributed by atoms with Crippen LogP contribution in [0, 0.1) is 6.92 Å². The molecule has 0 fully saturated rings. The van der Waals surface area contributed by atoms with Crippen molar-refractivity contribution in [2.45, 2.75) is 20.4 Å². The lowest BCUT2D eigenvalue weighted by Crippen LogP contribution is -2.18. The van der Waals surface area contributed by atoms with Gasteiger partial charge < -0.3 is 14.6 Å². The summed E-state index contributed by atoms with van der Waals surface area (Å²) in [5.74, 6) is 3.28. The summed E-state index contributed by atoms with van der Waals surface area (Å²) < 4.78 is 5.34. The van der Waals surface area contributed by atoms with E-state index in [0.29, 0.717) is 6.54 Å². The van der Waals surface area contributed by atoms with Gasteiger partial charge in [0.1, 0.15) is 23.2 Å². The lowest BCUT2D eigenvalue weighted by Gasteiger charge is -2.22. The van der Waals surface area contributed by atoms with Crippen LogP contribution in [0.5, 0.6) is 0 Å². The van der Waals surface area contributed by atoms with Gasteiger partial charge in [0.25, 0.3) is 0 Å². The predicted molar refractivity (Wildman–Crippen MR) is 91.9 cm³/mol. The normalized spacial score (nSPS) is 10.5. The summed E-state index contributed by atoms with van der Waals surface area (Å²) in [5, 5.41) is 3.29.